The van der Waals surface area contributed by atoms with Gasteiger partial charge in [-0.3, -0.25) is 0 Å². The minimum absolute atomic E-state index is 0.219. The van der Waals surface area contributed by atoms with Gasteiger partial charge >= 0.3 is 5.97 Å². The third-order valence-electron chi connectivity index (χ3n) is 4.96. The number of nitrogens with zero attached hydrogens (tertiary/aromatic N) is 2. The van der Waals surface area contributed by atoms with E-state index < -0.39 is 0 Å². The lowest BCUT2D eigenvalue weighted by Crippen LogP contribution is -2.19. The molecule has 0 saturated heterocycles. The Kier molecular flexibility index (Phi) is 2.76. The number of imidazole rings is 1. The Bertz CT molecular complexity index is 649. The van der Waals surface area contributed by atoms with Crippen molar-refractivity contribution in [1.29, 1.82) is 0 Å². The third kappa shape index (κ3) is 1.99. The maximum absolute atomic E-state index is 12.1. The van der Waals surface area contributed by atoms with Crippen LogP contribution in [0.1, 0.15) is 36.0 Å². The average molecular weight is 270 g/mol. The van der Waals surface area contributed by atoms with E-state index in [9.17, 15) is 4.79 Å². The van der Waals surface area contributed by atoms with Gasteiger partial charge in [-0.15, -0.1) is 0 Å². The van der Waals surface area contributed by atoms with Gasteiger partial charge in [0.2, 0.25) is 0 Å². The molecule has 4 heteroatoms. The SMILES string of the molecule is O=C(OCC1CC2CCC1C2)c1ccc2cncn2c1. The molecule has 2 aliphatic carbocycles. The van der Waals surface area contributed by atoms with Crippen LogP contribution < -0.4 is 0 Å². The normalized spacial score (nSPS) is 28.1. The Hall–Kier alpha value is -1.84. The molecule has 2 bridgehead atoms. The molecular weight excluding hydrogens is 252 g/mol. The number of hydrogen-bond donors (Lipinski definition) is 0. The van der Waals surface area contributed by atoms with Gasteiger partial charge in [0.1, 0.15) is 0 Å². The fraction of sp³-hybridized carbons (Fsp3) is 0.500. The Morgan fingerprint density at radius 3 is 3.10 bits per heavy atom. The van der Waals surface area contributed by atoms with Gasteiger partial charge in [-0.25, -0.2) is 9.78 Å². The number of hydrogen-bond acceptors (Lipinski definition) is 3. The van der Waals surface area contributed by atoms with E-state index in [4.69, 9.17) is 4.74 Å². The van der Waals surface area contributed by atoms with Crippen molar-refractivity contribution in [2.45, 2.75) is 25.7 Å². The first-order valence-corrected chi connectivity index (χ1v) is 7.38. The predicted octanol–water partition coefficient (Wildman–Crippen LogP) is 2.93. The molecule has 0 aromatic carbocycles. The zero-order valence-corrected chi connectivity index (χ0v) is 11.4. The molecule has 2 fully saturated rings. The number of carbonyl (C=O) groups excluding carboxylic acids is 1. The van der Waals surface area contributed by atoms with Crippen molar-refractivity contribution >= 4 is 11.5 Å². The lowest BCUT2D eigenvalue weighted by Gasteiger charge is -2.21. The van der Waals surface area contributed by atoms with Crippen LogP contribution in [0.25, 0.3) is 5.52 Å². The molecule has 0 N–H and O–H groups in total. The van der Waals surface area contributed by atoms with Crippen molar-refractivity contribution in [1.82, 2.24) is 9.38 Å². The predicted molar refractivity (Wildman–Crippen MR) is 74.4 cm³/mol. The maximum Gasteiger partial charge on any atom is 0.339 e. The summed E-state index contributed by atoms with van der Waals surface area (Å²) in [4.78, 5) is 16.2. The zero-order chi connectivity index (χ0) is 13.5. The first-order chi connectivity index (χ1) is 9.79. The van der Waals surface area contributed by atoms with Crippen molar-refractivity contribution in [3.63, 3.8) is 0 Å². The molecule has 20 heavy (non-hydrogen) atoms. The molecule has 2 aromatic rings. The van der Waals surface area contributed by atoms with Gasteiger partial charge in [0.25, 0.3) is 0 Å². The van der Waals surface area contributed by atoms with E-state index in [1.54, 1.807) is 24.8 Å². The third-order valence-corrected chi connectivity index (χ3v) is 4.96. The number of esters is 1. The summed E-state index contributed by atoms with van der Waals surface area (Å²) >= 11 is 0. The number of rotatable bonds is 3. The van der Waals surface area contributed by atoms with Crippen molar-refractivity contribution in [3.8, 4) is 0 Å². The van der Waals surface area contributed by atoms with E-state index in [0.717, 1.165) is 17.4 Å². The first kappa shape index (κ1) is 11.9. The summed E-state index contributed by atoms with van der Waals surface area (Å²) < 4.78 is 7.36. The molecule has 0 spiro atoms. The van der Waals surface area contributed by atoms with E-state index in [1.165, 1.54) is 25.7 Å². The van der Waals surface area contributed by atoms with Gasteiger partial charge in [-0.1, -0.05) is 6.42 Å². The molecular formula is C16H18N2O2. The number of carbonyl (C=O) groups is 1. The van der Waals surface area contributed by atoms with Gasteiger partial charge in [-0.2, -0.15) is 0 Å². The topological polar surface area (TPSA) is 43.6 Å². The molecule has 0 aliphatic heterocycles. The molecule has 3 atom stereocenters. The average Bonchev–Trinajstić information content (AvgIpc) is 3.19. The Morgan fingerprint density at radius 2 is 2.30 bits per heavy atom. The van der Waals surface area contributed by atoms with E-state index in [2.05, 4.69) is 4.98 Å². The summed E-state index contributed by atoms with van der Waals surface area (Å²) in [5, 5.41) is 0. The highest BCUT2D eigenvalue weighted by Gasteiger charge is 2.39. The van der Waals surface area contributed by atoms with Crippen molar-refractivity contribution in [3.05, 3.63) is 36.4 Å². The summed E-state index contributed by atoms with van der Waals surface area (Å²) in [5.74, 6) is 2.06. The van der Waals surface area contributed by atoms with E-state index >= 15 is 0 Å². The standard InChI is InChI=1S/C16H18N2O2/c19-16(13-3-4-15-7-17-10-18(15)8-13)20-9-14-6-11-1-2-12(14)5-11/h3-4,7-8,10-12,14H,1-2,5-6,9H2. The van der Waals surface area contributed by atoms with Gasteiger partial charge in [-0.05, 0) is 49.1 Å². The lowest BCUT2D eigenvalue weighted by molar-refractivity contribution is 0.0393. The summed E-state index contributed by atoms with van der Waals surface area (Å²) in [6.45, 7) is 0.585. The molecule has 4 rings (SSSR count). The molecule has 104 valence electrons. The second kappa shape index (κ2) is 4.62. The van der Waals surface area contributed by atoms with Crippen LogP contribution in [-0.4, -0.2) is 22.0 Å². The molecule has 2 aromatic heterocycles. The van der Waals surface area contributed by atoms with Gasteiger partial charge in [0.05, 0.1) is 30.2 Å². The number of ether oxygens (including phenoxy) is 1. The van der Waals surface area contributed by atoms with E-state index in [1.807, 2.05) is 10.5 Å². The highest BCUT2D eigenvalue weighted by atomic mass is 16.5. The van der Waals surface area contributed by atoms with Gasteiger partial charge in [0.15, 0.2) is 0 Å². The highest BCUT2D eigenvalue weighted by Crippen LogP contribution is 2.48. The summed E-state index contributed by atoms with van der Waals surface area (Å²) in [6.07, 6.45) is 10.6. The lowest BCUT2D eigenvalue weighted by atomic mass is 9.89. The number of pyridine rings is 1. The molecule has 4 nitrogen and oxygen atoms in total. The van der Waals surface area contributed by atoms with Crippen LogP contribution in [0.4, 0.5) is 0 Å². The van der Waals surface area contributed by atoms with Crippen LogP contribution in [0.2, 0.25) is 0 Å². The molecule has 2 aliphatic rings. The number of fused-ring (bicyclic) bond motifs is 3. The molecule has 2 heterocycles. The van der Waals surface area contributed by atoms with Crippen LogP contribution in [0.15, 0.2) is 30.9 Å². The zero-order valence-electron chi connectivity index (χ0n) is 11.4. The fourth-order valence-corrected chi connectivity index (χ4v) is 3.89. The molecule has 0 radical (unpaired) electrons. The minimum Gasteiger partial charge on any atom is -0.462 e. The summed E-state index contributed by atoms with van der Waals surface area (Å²) in [5.41, 5.74) is 1.58. The first-order valence-electron chi connectivity index (χ1n) is 7.38. The van der Waals surface area contributed by atoms with Gasteiger partial charge < -0.3 is 9.14 Å². The monoisotopic (exact) mass is 270 g/mol. The molecule has 3 unspecified atom stereocenters. The summed E-state index contributed by atoms with van der Waals surface area (Å²) in [7, 11) is 0. The van der Waals surface area contributed by atoms with E-state index in [-0.39, 0.29) is 5.97 Å². The molecule has 0 amide bonds. The number of aromatic nitrogens is 2. The Morgan fingerprint density at radius 1 is 1.35 bits per heavy atom. The largest absolute Gasteiger partial charge is 0.462 e. The second-order valence-corrected chi connectivity index (χ2v) is 6.18. The van der Waals surface area contributed by atoms with Crippen LogP contribution in [0.5, 0.6) is 0 Å². The highest BCUT2D eigenvalue weighted by molar-refractivity contribution is 5.89. The van der Waals surface area contributed by atoms with E-state index in [0.29, 0.717) is 18.1 Å². The fourth-order valence-electron chi connectivity index (χ4n) is 3.89. The van der Waals surface area contributed by atoms with Crippen molar-refractivity contribution < 1.29 is 9.53 Å². The van der Waals surface area contributed by atoms with Crippen LogP contribution in [-0.2, 0) is 4.74 Å². The summed E-state index contributed by atoms with van der Waals surface area (Å²) in [6, 6.07) is 3.70. The molecule has 2 saturated carbocycles. The van der Waals surface area contributed by atoms with Crippen LogP contribution in [0, 0.1) is 17.8 Å². The quantitative estimate of drug-likeness (QED) is 0.805. The van der Waals surface area contributed by atoms with Crippen LogP contribution in [0.3, 0.4) is 0 Å². The van der Waals surface area contributed by atoms with Gasteiger partial charge in [0, 0.05) is 6.20 Å². The Balaban J connectivity index is 1.42. The smallest absolute Gasteiger partial charge is 0.339 e. The van der Waals surface area contributed by atoms with Crippen molar-refractivity contribution in [2.24, 2.45) is 17.8 Å². The Labute approximate surface area is 117 Å². The second-order valence-electron chi connectivity index (χ2n) is 6.18. The van der Waals surface area contributed by atoms with Crippen molar-refractivity contribution in [2.75, 3.05) is 6.61 Å². The minimum atomic E-state index is -0.219. The maximum atomic E-state index is 12.1. The van der Waals surface area contributed by atoms with Crippen LogP contribution >= 0.6 is 0 Å².